The molecule has 0 bridgehead atoms. The van der Waals surface area contributed by atoms with Crippen molar-refractivity contribution in [3.8, 4) is 0 Å². The van der Waals surface area contributed by atoms with Crippen LogP contribution in [0.5, 0.6) is 0 Å². The van der Waals surface area contributed by atoms with Gasteiger partial charge < -0.3 is 0 Å². The minimum absolute atomic E-state index is 0.189. The Morgan fingerprint density at radius 1 is 1.26 bits per heavy atom. The first-order valence-corrected chi connectivity index (χ1v) is 8.02. The van der Waals surface area contributed by atoms with Crippen LogP contribution >= 0.6 is 11.8 Å². The molecule has 4 amide bonds. The maximum absolute atomic E-state index is 12.6. The number of thioether (sulfide) groups is 1. The van der Waals surface area contributed by atoms with Gasteiger partial charge in [0, 0.05) is 6.04 Å². The normalized spacial score (nSPS) is 20.4. The summed E-state index contributed by atoms with van der Waals surface area (Å²) in [5.41, 5.74) is -1.08. The van der Waals surface area contributed by atoms with Gasteiger partial charge in [0.2, 0.25) is 11.8 Å². The molecular formula is C13H22N2O3S. The molecule has 108 valence electrons. The van der Waals surface area contributed by atoms with Crippen LogP contribution in [0, 0.1) is 5.41 Å². The Balaban J connectivity index is 3.01. The highest BCUT2D eigenvalue weighted by molar-refractivity contribution is 7.98. The lowest BCUT2D eigenvalue weighted by Gasteiger charge is -2.40. The summed E-state index contributed by atoms with van der Waals surface area (Å²) in [4.78, 5) is 37.7. The van der Waals surface area contributed by atoms with Crippen molar-refractivity contribution in [1.82, 2.24) is 10.2 Å². The van der Waals surface area contributed by atoms with Crippen LogP contribution in [0.3, 0.4) is 0 Å². The van der Waals surface area contributed by atoms with E-state index in [9.17, 15) is 14.4 Å². The van der Waals surface area contributed by atoms with Gasteiger partial charge in [-0.2, -0.15) is 11.8 Å². The fraction of sp³-hybridized carbons (Fsp3) is 0.769. The van der Waals surface area contributed by atoms with E-state index in [1.165, 1.54) is 4.90 Å². The average molecular weight is 286 g/mol. The zero-order chi connectivity index (χ0) is 14.6. The first-order chi connectivity index (χ1) is 8.94. The lowest BCUT2D eigenvalue weighted by atomic mass is 9.78. The van der Waals surface area contributed by atoms with Crippen LogP contribution in [0.25, 0.3) is 0 Å². The van der Waals surface area contributed by atoms with E-state index in [1.807, 2.05) is 27.0 Å². The molecule has 5 nitrogen and oxygen atoms in total. The van der Waals surface area contributed by atoms with Gasteiger partial charge in [-0.05, 0) is 38.2 Å². The summed E-state index contributed by atoms with van der Waals surface area (Å²) in [6.45, 7) is 5.46. The highest BCUT2D eigenvalue weighted by Crippen LogP contribution is 2.33. The summed E-state index contributed by atoms with van der Waals surface area (Å²) in [5.74, 6) is 0.0675. The average Bonchev–Trinajstić information content (AvgIpc) is 2.37. The number of hydrogen-bond acceptors (Lipinski definition) is 4. The van der Waals surface area contributed by atoms with Crippen LogP contribution in [-0.2, 0) is 9.59 Å². The minimum Gasteiger partial charge on any atom is -0.277 e. The van der Waals surface area contributed by atoms with Crippen LogP contribution < -0.4 is 5.32 Å². The number of nitrogens with zero attached hydrogens (tertiary/aromatic N) is 1. The van der Waals surface area contributed by atoms with Crippen LogP contribution in [0.15, 0.2) is 0 Å². The van der Waals surface area contributed by atoms with Gasteiger partial charge in [-0.3, -0.25) is 19.8 Å². The zero-order valence-electron chi connectivity index (χ0n) is 12.0. The summed E-state index contributed by atoms with van der Waals surface area (Å²) in [6, 6.07) is -0.772. The Hall–Kier alpha value is -1.04. The number of carbonyl (C=O) groups excluding carboxylic acids is 3. The third-order valence-corrected chi connectivity index (χ3v) is 4.53. The van der Waals surface area contributed by atoms with Gasteiger partial charge in [-0.15, -0.1) is 0 Å². The van der Waals surface area contributed by atoms with E-state index in [4.69, 9.17) is 0 Å². The second kappa shape index (κ2) is 6.41. The molecule has 0 aromatic carbocycles. The summed E-state index contributed by atoms with van der Waals surface area (Å²) < 4.78 is 0. The van der Waals surface area contributed by atoms with E-state index in [0.29, 0.717) is 12.8 Å². The van der Waals surface area contributed by atoms with E-state index in [-0.39, 0.29) is 11.9 Å². The third-order valence-electron chi connectivity index (χ3n) is 3.89. The smallest absolute Gasteiger partial charge is 0.277 e. The fourth-order valence-corrected chi connectivity index (χ4v) is 2.97. The maximum atomic E-state index is 12.6. The SMILES string of the molecule is CCC1(CC)C(=O)NC(=O)N(C(C)CCSC)C1=O. The van der Waals surface area contributed by atoms with Crippen molar-refractivity contribution < 1.29 is 14.4 Å². The predicted octanol–water partition coefficient (Wildman–Crippen LogP) is 2.01. The largest absolute Gasteiger partial charge is 0.331 e. The molecule has 19 heavy (non-hydrogen) atoms. The molecule has 1 atom stereocenters. The Morgan fingerprint density at radius 2 is 1.84 bits per heavy atom. The van der Waals surface area contributed by atoms with Crippen molar-refractivity contribution in [1.29, 1.82) is 0 Å². The van der Waals surface area contributed by atoms with Gasteiger partial charge in [0.05, 0.1) is 0 Å². The van der Waals surface area contributed by atoms with Gasteiger partial charge in [-0.25, -0.2) is 4.79 Å². The summed E-state index contributed by atoms with van der Waals surface area (Å²) in [7, 11) is 0. The van der Waals surface area contributed by atoms with E-state index >= 15 is 0 Å². The summed E-state index contributed by atoms with van der Waals surface area (Å²) in [6.07, 6.45) is 3.54. The van der Waals surface area contributed by atoms with Crippen LogP contribution in [0.1, 0.15) is 40.0 Å². The van der Waals surface area contributed by atoms with Gasteiger partial charge in [0.25, 0.3) is 0 Å². The number of carbonyl (C=O) groups is 3. The second-order valence-electron chi connectivity index (χ2n) is 4.85. The topological polar surface area (TPSA) is 66.5 Å². The molecule has 0 radical (unpaired) electrons. The first kappa shape index (κ1) is 16.0. The lowest BCUT2D eigenvalue weighted by Crippen LogP contribution is -2.65. The molecule has 1 rings (SSSR count). The molecule has 1 saturated heterocycles. The molecule has 0 spiro atoms. The lowest BCUT2D eigenvalue weighted by molar-refractivity contribution is -0.153. The number of hydrogen-bond donors (Lipinski definition) is 1. The predicted molar refractivity (Wildman–Crippen MR) is 75.9 cm³/mol. The standard InChI is InChI=1S/C13H22N2O3S/c1-5-13(6-2)10(16)14-12(18)15(11(13)17)9(3)7-8-19-4/h9H,5-8H2,1-4H3,(H,14,16,18). The molecule has 6 heteroatoms. The van der Waals surface area contributed by atoms with Crippen molar-refractivity contribution in [2.75, 3.05) is 12.0 Å². The van der Waals surface area contributed by atoms with Gasteiger partial charge >= 0.3 is 6.03 Å². The summed E-state index contributed by atoms with van der Waals surface area (Å²) >= 11 is 1.67. The minimum atomic E-state index is -1.08. The molecule has 0 aromatic rings. The molecule has 1 aliphatic heterocycles. The summed E-state index contributed by atoms with van der Waals surface area (Å²) in [5, 5.41) is 2.33. The highest BCUT2D eigenvalue weighted by Gasteiger charge is 2.52. The highest BCUT2D eigenvalue weighted by atomic mass is 32.2. The third kappa shape index (κ3) is 2.78. The molecular weight excluding hydrogens is 264 g/mol. The monoisotopic (exact) mass is 286 g/mol. The number of barbiturate groups is 1. The number of amides is 4. The molecule has 1 unspecified atom stereocenters. The molecule has 1 fully saturated rings. The van der Waals surface area contributed by atoms with Crippen molar-refractivity contribution in [2.45, 2.75) is 46.1 Å². The van der Waals surface area contributed by atoms with E-state index in [0.717, 1.165) is 12.2 Å². The molecule has 1 N–H and O–H groups in total. The van der Waals surface area contributed by atoms with Gasteiger partial charge in [-0.1, -0.05) is 13.8 Å². The van der Waals surface area contributed by atoms with E-state index < -0.39 is 17.4 Å². The number of rotatable bonds is 6. The quantitative estimate of drug-likeness (QED) is 0.759. The number of nitrogens with one attached hydrogen (secondary N) is 1. The molecule has 0 aromatic heterocycles. The van der Waals surface area contributed by atoms with Crippen molar-refractivity contribution >= 4 is 29.6 Å². The van der Waals surface area contributed by atoms with E-state index in [2.05, 4.69) is 5.32 Å². The molecule has 0 saturated carbocycles. The Bertz CT molecular complexity index is 380. The number of urea groups is 1. The van der Waals surface area contributed by atoms with Crippen LogP contribution in [-0.4, -0.2) is 40.8 Å². The van der Waals surface area contributed by atoms with Crippen LogP contribution in [0.4, 0.5) is 4.79 Å². The van der Waals surface area contributed by atoms with Crippen molar-refractivity contribution in [3.63, 3.8) is 0 Å². The van der Waals surface area contributed by atoms with Gasteiger partial charge in [0.15, 0.2) is 0 Å². The van der Waals surface area contributed by atoms with Crippen molar-refractivity contribution in [3.05, 3.63) is 0 Å². The van der Waals surface area contributed by atoms with Gasteiger partial charge in [0.1, 0.15) is 5.41 Å². The zero-order valence-corrected chi connectivity index (χ0v) is 12.8. The van der Waals surface area contributed by atoms with E-state index in [1.54, 1.807) is 11.8 Å². The van der Waals surface area contributed by atoms with Crippen LogP contribution in [0.2, 0.25) is 0 Å². The first-order valence-electron chi connectivity index (χ1n) is 6.62. The Kier molecular flexibility index (Phi) is 5.40. The second-order valence-corrected chi connectivity index (χ2v) is 5.84. The maximum Gasteiger partial charge on any atom is 0.331 e. The number of imide groups is 2. The Labute approximate surface area is 118 Å². The fourth-order valence-electron chi connectivity index (χ4n) is 2.39. The molecule has 1 heterocycles. The molecule has 0 aliphatic carbocycles. The van der Waals surface area contributed by atoms with Crippen molar-refractivity contribution in [2.24, 2.45) is 5.41 Å². The molecule has 1 aliphatic rings. The Morgan fingerprint density at radius 3 is 2.32 bits per heavy atom.